The van der Waals surface area contributed by atoms with Gasteiger partial charge in [-0.3, -0.25) is 9.59 Å². The van der Waals surface area contributed by atoms with E-state index < -0.39 is 0 Å². The molecule has 0 N–H and O–H groups in total. The number of carbonyl (C=O) groups excluding carboxylic acids is 1. The SMILES string of the molecule is COC(=O)Cn1c(SCc2ccc(F)cc2)nc(=O)c2c1CCC2. The van der Waals surface area contributed by atoms with E-state index in [2.05, 4.69) is 4.98 Å². The van der Waals surface area contributed by atoms with Crippen LogP contribution in [-0.4, -0.2) is 22.6 Å². The minimum absolute atomic E-state index is 0.0395. The number of aromatic nitrogens is 2. The molecule has 5 nitrogen and oxygen atoms in total. The van der Waals surface area contributed by atoms with E-state index in [1.54, 1.807) is 16.7 Å². The van der Waals surface area contributed by atoms with E-state index in [0.29, 0.717) is 22.9 Å². The molecule has 0 atom stereocenters. The second kappa shape index (κ2) is 7.17. The number of hydrogen-bond donors (Lipinski definition) is 0. The smallest absolute Gasteiger partial charge is 0.325 e. The van der Waals surface area contributed by atoms with Gasteiger partial charge in [0, 0.05) is 17.0 Å². The molecule has 0 aliphatic heterocycles. The van der Waals surface area contributed by atoms with E-state index >= 15 is 0 Å². The molecule has 2 aromatic rings. The highest BCUT2D eigenvalue weighted by atomic mass is 32.2. The van der Waals surface area contributed by atoms with E-state index in [1.165, 1.54) is 31.0 Å². The molecule has 0 amide bonds. The maximum absolute atomic E-state index is 13.0. The van der Waals surface area contributed by atoms with Crippen LogP contribution in [0.4, 0.5) is 4.39 Å². The lowest BCUT2D eigenvalue weighted by atomic mass is 10.2. The Morgan fingerprint density at radius 3 is 2.79 bits per heavy atom. The fourth-order valence-corrected chi connectivity index (χ4v) is 3.75. The third-order valence-electron chi connectivity index (χ3n) is 4.00. The van der Waals surface area contributed by atoms with Crippen molar-refractivity contribution >= 4 is 17.7 Å². The first-order valence-corrected chi connectivity index (χ1v) is 8.63. The van der Waals surface area contributed by atoms with Gasteiger partial charge in [0.05, 0.1) is 7.11 Å². The number of benzene rings is 1. The Balaban J connectivity index is 1.90. The molecule has 1 aliphatic carbocycles. The standard InChI is InChI=1S/C17H17FN2O3S/c1-23-15(21)9-20-14-4-2-3-13(14)16(22)19-17(20)24-10-11-5-7-12(18)8-6-11/h5-8H,2-4,9-10H2,1H3. The van der Waals surface area contributed by atoms with Crippen molar-refractivity contribution in [3.05, 3.63) is 57.3 Å². The van der Waals surface area contributed by atoms with Crippen molar-refractivity contribution in [1.82, 2.24) is 9.55 Å². The summed E-state index contributed by atoms with van der Waals surface area (Å²) in [7, 11) is 1.34. The predicted molar refractivity (Wildman–Crippen MR) is 88.5 cm³/mol. The Hall–Kier alpha value is -2.15. The highest BCUT2D eigenvalue weighted by Crippen LogP contribution is 2.26. The van der Waals surface area contributed by atoms with E-state index in [-0.39, 0.29) is 23.9 Å². The van der Waals surface area contributed by atoms with Crippen LogP contribution < -0.4 is 5.56 Å². The zero-order valence-electron chi connectivity index (χ0n) is 13.3. The van der Waals surface area contributed by atoms with Crippen LogP contribution in [0.25, 0.3) is 0 Å². The van der Waals surface area contributed by atoms with Crippen molar-refractivity contribution < 1.29 is 13.9 Å². The molecule has 1 heterocycles. The summed E-state index contributed by atoms with van der Waals surface area (Å²) in [6.07, 6.45) is 2.35. The van der Waals surface area contributed by atoms with Gasteiger partial charge in [0.15, 0.2) is 5.16 Å². The monoisotopic (exact) mass is 348 g/mol. The zero-order valence-corrected chi connectivity index (χ0v) is 14.1. The first-order valence-electron chi connectivity index (χ1n) is 7.65. The second-order valence-electron chi connectivity index (χ2n) is 5.56. The van der Waals surface area contributed by atoms with Crippen LogP contribution in [-0.2, 0) is 34.7 Å². The van der Waals surface area contributed by atoms with Crippen molar-refractivity contribution in [2.24, 2.45) is 0 Å². The molecule has 1 aromatic carbocycles. The molecule has 0 saturated carbocycles. The lowest BCUT2D eigenvalue weighted by Gasteiger charge is -2.15. The van der Waals surface area contributed by atoms with Gasteiger partial charge in [-0.2, -0.15) is 4.98 Å². The molecule has 1 aliphatic rings. The Kier molecular flexibility index (Phi) is 4.99. The maximum Gasteiger partial charge on any atom is 0.325 e. The quantitative estimate of drug-likeness (QED) is 0.471. The van der Waals surface area contributed by atoms with Crippen LogP contribution in [0, 0.1) is 5.82 Å². The number of fused-ring (bicyclic) bond motifs is 1. The summed E-state index contributed by atoms with van der Waals surface area (Å²) in [4.78, 5) is 28.1. The highest BCUT2D eigenvalue weighted by Gasteiger charge is 2.23. The largest absolute Gasteiger partial charge is 0.468 e. The molecule has 0 fully saturated rings. The molecular weight excluding hydrogens is 331 g/mol. The normalized spacial score (nSPS) is 12.9. The van der Waals surface area contributed by atoms with Gasteiger partial charge in [0.2, 0.25) is 0 Å². The Morgan fingerprint density at radius 2 is 2.08 bits per heavy atom. The fraction of sp³-hybridized carbons (Fsp3) is 0.353. The summed E-state index contributed by atoms with van der Waals surface area (Å²) >= 11 is 1.36. The van der Waals surface area contributed by atoms with Gasteiger partial charge in [0.1, 0.15) is 12.4 Å². The average Bonchev–Trinajstić information content (AvgIpc) is 3.07. The van der Waals surface area contributed by atoms with Crippen LogP contribution in [0.15, 0.2) is 34.2 Å². The zero-order chi connectivity index (χ0) is 17.1. The summed E-state index contributed by atoms with van der Waals surface area (Å²) in [5, 5.41) is 0.496. The number of rotatable bonds is 5. The van der Waals surface area contributed by atoms with Crippen LogP contribution in [0.1, 0.15) is 23.2 Å². The number of carbonyl (C=O) groups is 1. The van der Waals surface area contributed by atoms with Crippen molar-refractivity contribution in [2.45, 2.75) is 36.7 Å². The van der Waals surface area contributed by atoms with Gasteiger partial charge in [-0.05, 0) is 37.0 Å². The molecule has 7 heteroatoms. The summed E-state index contributed by atoms with van der Waals surface area (Å²) in [6, 6.07) is 6.18. The number of nitrogens with zero attached hydrogens (tertiary/aromatic N) is 2. The summed E-state index contributed by atoms with van der Waals surface area (Å²) in [5.41, 5.74) is 2.28. The molecule has 1 aromatic heterocycles. The van der Waals surface area contributed by atoms with Crippen LogP contribution in [0.3, 0.4) is 0 Å². The molecule has 0 unspecified atom stereocenters. The number of methoxy groups -OCH3 is 1. The second-order valence-corrected chi connectivity index (χ2v) is 6.50. The molecule has 24 heavy (non-hydrogen) atoms. The lowest BCUT2D eigenvalue weighted by molar-refractivity contribution is -0.141. The number of thioether (sulfide) groups is 1. The predicted octanol–water partition coefficient (Wildman–Crippen LogP) is 2.34. The van der Waals surface area contributed by atoms with E-state index in [0.717, 1.165) is 24.1 Å². The van der Waals surface area contributed by atoms with Crippen LogP contribution in [0.5, 0.6) is 0 Å². The van der Waals surface area contributed by atoms with Crippen LogP contribution >= 0.6 is 11.8 Å². The first-order chi connectivity index (χ1) is 11.6. The Labute approximate surface area is 142 Å². The van der Waals surface area contributed by atoms with Crippen molar-refractivity contribution in [3.63, 3.8) is 0 Å². The van der Waals surface area contributed by atoms with Gasteiger partial charge < -0.3 is 9.30 Å². The Bertz CT molecular complexity index is 818. The van der Waals surface area contributed by atoms with Gasteiger partial charge in [-0.15, -0.1) is 0 Å². The number of esters is 1. The molecule has 3 rings (SSSR count). The van der Waals surface area contributed by atoms with Gasteiger partial charge >= 0.3 is 5.97 Å². The highest BCUT2D eigenvalue weighted by molar-refractivity contribution is 7.98. The van der Waals surface area contributed by atoms with E-state index in [1.807, 2.05) is 0 Å². The molecule has 0 saturated heterocycles. The van der Waals surface area contributed by atoms with Gasteiger partial charge in [0.25, 0.3) is 5.56 Å². The maximum atomic E-state index is 13.0. The molecular formula is C17H17FN2O3S. The van der Waals surface area contributed by atoms with Gasteiger partial charge in [-0.25, -0.2) is 4.39 Å². The third kappa shape index (κ3) is 3.51. The summed E-state index contributed by atoms with van der Waals surface area (Å²) in [5.74, 6) is -0.132. The first kappa shape index (κ1) is 16.7. The molecule has 0 radical (unpaired) electrons. The van der Waals surface area contributed by atoms with Crippen molar-refractivity contribution in [3.8, 4) is 0 Å². The van der Waals surface area contributed by atoms with E-state index in [9.17, 15) is 14.0 Å². The molecule has 0 bridgehead atoms. The summed E-state index contributed by atoms with van der Waals surface area (Å²) in [6.45, 7) is 0.0395. The van der Waals surface area contributed by atoms with Crippen LogP contribution in [0.2, 0.25) is 0 Å². The number of halogens is 1. The number of hydrogen-bond acceptors (Lipinski definition) is 5. The minimum Gasteiger partial charge on any atom is -0.468 e. The third-order valence-corrected chi connectivity index (χ3v) is 5.04. The topological polar surface area (TPSA) is 61.2 Å². The molecule has 0 spiro atoms. The average molecular weight is 348 g/mol. The van der Waals surface area contributed by atoms with Crippen molar-refractivity contribution in [1.29, 1.82) is 0 Å². The number of ether oxygens (including phenoxy) is 1. The molecule has 126 valence electrons. The fourth-order valence-electron chi connectivity index (χ4n) is 2.78. The lowest BCUT2D eigenvalue weighted by Crippen LogP contribution is -2.24. The summed E-state index contributed by atoms with van der Waals surface area (Å²) < 4.78 is 19.5. The van der Waals surface area contributed by atoms with Gasteiger partial charge in [-0.1, -0.05) is 23.9 Å². The minimum atomic E-state index is -0.377. The van der Waals surface area contributed by atoms with Crippen molar-refractivity contribution in [2.75, 3.05) is 7.11 Å². The Morgan fingerprint density at radius 1 is 1.33 bits per heavy atom. The van der Waals surface area contributed by atoms with E-state index in [4.69, 9.17) is 4.74 Å².